The molecule has 0 heterocycles. The number of hydrogen-bond donors (Lipinski definition) is 0. The molecule has 0 spiro atoms. The molecule has 1 aromatic rings. The minimum absolute atomic E-state index is 0.0711. The standard InChI is InChI=1S/C14H18O2/c1-4-13(14(15)16-11(2)3)10-12-8-6-5-7-9-12/h5-11H,4H2,1-3H3/b13-10+. The molecule has 0 saturated heterocycles. The van der Waals surface area contributed by atoms with E-state index in [0.29, 0.717) is 12.0 Å². The van der Waals surface area contributed by atoms with Crippen LogP contribution < -0.4 is 0 Å². The van der Waals surface area contributed by atoms with E-state index in [9.17, 15) is 4.79 Å². The van der Waals surface area contributed by atoms with E-state index in [-0.39, 0.29) is 12.1 Å². The van der Waals surface area contributed by atoms with Gasteiger partial charge in [-0.25, -0.2) is 4.79 Å². The topological polar surface area (TPSA) is 26.3 Å². The van der Waals surface area contributed by atoms with Gasteiger partial charge in [0.05, 0.1) is 6.10 Å². The highest BCUT2D eigenvalue weighted by Crippen LogP contribution is 2.12. The normalized spacial score (nSPS) is 11.6. The zero-order valence-corrected chi connectivity index (χ0v) is 10.1. The molecule has 0 fully saturated rings. The average Bonchev–Trinajstić information content (AvgIpc) is 2.26. The third-order valence-electron chi connectivity index (χ3n) is 2.13. The van der Waals surface area contributed by atoms with E-state index >= 15 is 0 Å². The van der Waals surface area contributed by atoms with Gasteiger partial charge < -0.3 is 4.74 Å². The number of hydrogen-bond acceptors (Lipinski definition) is 2. The Balaban J connectivity index is 2.82. The number of ether oxygens (including phenoxy) is 1. The Hall–Kier alpha value is -1.57. The van der Waals surface area contributed by atoms with Crippen molar-refractivity contribution in [1.82, 2.24) is 0 Å². The van der Waals surface area contributed by atoms with Gasteiger partial charge in [-0.1, -0.05) is 37.3 Å². The molecule has 2 nitrogen and oxygen atoms in total. The van der Waals surface area contributed by atoms with E-state index < -0.39 is 0 Å². The van der Waals surface area contributed by atoms with Crippen LogP contribution in [0.4, 0.5) is 0 Å². The Morgan fingerprint density at radius 2 is 1.94 bits per heavy atom. The highest BCUT2D eigenvalue weighted by atomic mass is 16.5. The smallest absolute Gasteiger partial charge is 0.334 e. The second-order valence-corrected chi connectivity index (χ2v) is 3.89. The molecule has 0 aliphatic rings. The molecule has 0 aliphatic heterocycles. The van der Waals surface area contributed by atoms with Gasteiger partial charge in [0.2, 0.25) is 0 Å². The Bertz CT molecular complexity index is 364. The minimum atomic E-state index is -0.221. The van der Waals surface area contributed by atoms with Gasteiger partial charge in [-0.3, -0.25) is 0 Å². The van der Waals surface area contributed by atoms with Crippen LogP contribution in [-0.4, -0.2) is 12.1 Å². The van der Waals surface area contributed by atoms with Crippen molar-refractivity contribution in [2.45, 2.75) is 33.3 Å². The molecule has 0 radical (unpaired) electrons. The summed E-state index contributed by atoms with van der Waals surface area (Å²) in [4.78, 5) is 11.7. The van der Waals surface area contributed by atoms with Crippen LogP contribution in [0.3, 0.4) is 0 Å². The maximum Gasteiger partial charge on any atom is 0.334 e. The van der Waals surface area contributed by atoms with Gasteiger partial charge in [-0.2, -0.15) is 0 Å². The molecular weight excluding hydrogens is 200 g/mol. The predicted molar refractivity (Wildman–Crippen MR) is 65.9 cm³/mol. The molecule has 86 valence electrons. The number of esters is 1. The van der Waals surface area contributed by atoms with Crippen LogP contribution in [0.25, 0.3) is 6.08 Å². The van der Waals surface area contributed by atoms with Crippen molar-refractivity contribution in [1.29, 1.82) is 0 Å². The first-order valence-corrected chi connectivity index (χ1v) is 5.60. The summed E-state index contributed by atoms with van der Waals surface area (Å²) in [5, 5.41) is 0. The highest BCUT2D eigenvalue weighted by molar-refractivity contribution is 5.93. The second kappa shape index (κ2) is 6.11. The van der Waals surface area contributed by atoms with Crippen LogP contribution in [0.1, 0.15) is 32.8 Å². The van der Waals surface area contributed by atoms with Crippen molar-refractivity contribution in [3.63, 3.8) is 0 Å². The zero-order valence-electron chi connectivity index (χ0n) is 10.1. The van der Waals surface area contributed by atoms with Gasteiger partial charge in [0.1, 0.15) is 0 Å². The summed E-state index contributed by atoms with van der Waals surface area (Å²) in [6, 6.07) is 9.80. The lowest BCUT2D eigenvalue weighted by molar-refractivity contribution is -0.142. The molecule has 16 heavy (non-hydrogen) atoms. The first-order valence-electron chi connectivity index (χ1n) is 5.60. The summed E-state index contributed by atoms with van der Waals surface area (Å²) in [5.74, 6) is -0.221. The van der Waals surface area contributed by atoms with Gasteiger partial charge in [-0.05, 0) is 31.9 Å². The maximum absolute atomic E-state index is 11.7. The molecular formula is C14H18O2. The number of benzene rings is 1. The lowest BCUT2D eigenvalue weighted by Crippen LogP contribution is -2.13. The second-order valence-electron chi connectivity index (χ2n) is 3.89. The van der Waals surface area contributed by atoms with Crippen LogP contribution in [-0.2, 0) is 9.53 Å². The SMILES string of the molecule is CC/C(=C\c1ccccc1)C(=O)OC(C)C. The van der Waals surface area contributed by atoms with Crippen LogP contribution >= 0.6 is 0 Å². The molecule has 0 atom stereocenters. The first kappa shape index (κ1) is 12.5. The summed E-state index contributed by atoms with van der Waals surface area (Å²) < 4.78 is 5.17. The molecule has 0 bridgehead atoms. The fourth-order valence-corrected chi connectivity index (χ4v) is 1.35. The zero-order chi connectivity index (χ0) is 12.0. The molecule has 2 heteroatoms. The largest absolute Gasteiger partial charge is 0.460 e. The molecule has 0 amide bonds. The van der Waals surface area contributed by atoms with Crippen LogP contribution in [0.5, 0.6) is 0 Å². The summed E-state index contributed by atoms with van der Waals surface area (Å²) >= 11 is 0. The minimum Gasteiger partial charge on any atom is -0.460 e. The molecule has 0 N–H and O–H groups in total. The van der Waals surface area contributed by atoms with Gasteiger partial charge in [0.15, 0.2) is 0 Å². The van der Waals surface area contributed by atoms with E-state index in [0.717, 1.165) is 5.56 Å². The molecule has 0 unspecified atom stereocenters. The monoisotopic (exact) mass is 218 g/mol. The van der Waals surface area contributed by atoms with Gasteiger partial charge in [-0.15, -0.1) is 0 Å². The van der Waals surface area contributed by atoms with E-state index in [1.807, 2.05) is 57.2 Å². The average molecular weight is 218 g/mol. The van der Waals surface area contributed by atoms with Crippen molar-refractivity contribution in [2.75, 3.05) is 0 Å². The lowest BCUT2D eigenvalue weighted by Gasteiger charge is -2.09. The third-order valence-corrected chi connectivity index (χ3v) is 2.13. The van der Waals surface area contributed by atoms with Crippen molar-refractivity contribution < 1.29 is 9.53 Å². The fourth-order valence-electron chi connectivity index (χ4n) is 1.35. The van der Waals surface area contributed by atoms with Crippen LogP contribution in [0.15, 0.2) is 35.9 Å². The van der Waals surface area contributed by atoms with E-state index in [4.69, 9.17) is 4.74 Å². The van der Waals surface area contributed by atoms with Crippen molar-refractivity contribution >= 4 is 12.0 Å². The third kappa shape index (κ3) is 3.89. The molecule has 1 aromatic carbocycles. The summed E-state index contributed by atoms with van der Waals surface area (Å²) in [6.07, 6.45) is 2.49. The first-order chi connectivity index (χ1) is 7.63. The molecule has 0 aliphatic carbocycles. The van der Waals surface area contributed by atoms with E-state index in [1.54, 1.807) is 0 Å². The van der Waals surface area contributed by atoms with Crippen LogP contribution in [0.2, 0.25) is 0 Å². The fraction of sp³-hybridized carbons (Fsp3) is 0.357. The molecule has 0 saturated carbocycles. The van der Waals surface area contributed by atoms with Crippen molar-refractivity contribution in [3.05, 3.63) is 41.5 Å². The van der Waals surface area contributed by atoms with Crippen LogP contribution in [0, 0.1) is 0 Å². The summed E-state index contributed by atoms with van der Waals surface area (Å²) in [6.45, 7) is 5.66. The van der Waals surface area contributed by atoms with E-state index in [2.05, 4.69) is 0 Å². The van der Waals surface area contributed by atoms with Crippen molar-refractivity contribution in [2.24, 2.45) is 0 Å². The summed E-state index contributed by atoms with van der Waals surface area (Å²) in [7, 11) is 0. The molecule has 0 aromatic heterocycles. The van der Waals surface area contributed by atoms with E-state index in [1.165, 1.54) is 0 Å². The maximum atomic E-state index is 11.7. The highest BCUT2D eigenvalue weighted by Gasteiger charge is 2.10. The predicted octanol–water partition coefficient (Wildman–Crippen LogP) is 3.43. The Kier molecular flexibility index (Phi) is 4.77. The van der Waals surface area contributed by atoms with Gasteiger partial charge >= 0.3 is 5.97 Å². The summed E-state index contributed by atoms with van der Waals surface area (Å²) in [5.41, 5.74) is 1.74. The molecule has 1 rings (SSSR count). The van der Waals surface area contributed by atoms with Gasteiger partial charge in [0.25, 0.3) is 0 Å². The Morgan fingerprint density at radius 3 is 2.44 bits per heavy atom. The Morgan fingerprint density at radius 1 is 1.31 bits per heavy atom. The van der Waals surface area contributed by atoms with Gasteiger partial charge in [0, 0.05) is 5.57 Å². The van der Waals surface area contributed by atoms with Crippen molar-refractivity contribution in [3.8, 4) is 0 Å². The Labute approximate surface area is 96.9 Å². The number of rotatable bonds is 4. The number of carbonyl (C=O) groups excluding carboxylic acids is 1. The lowest BCUT2D eigenvalue weighted by atomic mass is 10.1. The number of carbonyl (C=O) groups is 1. The quantitative estimate of drug-likeness (QED) is 0.571.